The molecule has 1 aliphatic heterocycles. The maximum Gasteiger partial charge on any atom is 0.233 e. The van der Waals surface area contributed by atoms with Crippen LogP contribution >= 0.6 is 0 Å². The molecule has 114 valence electrons. The summed E-state index contributed by atoms with van der Waals surface area (Å²) in [5.41, 5.74) is 1.12. The average Bonchev–Trinajstić information content (AvgIpc) is 2.90. The second kappa shape index (κ2) is 7.00. The van der Waals surface area contributed by atoms with Crippen LogP contribution in [0, 0.1) is 5.92 Å². The number of aromatic nitrogens is 3. The number of rotatable bonds is 6. The summed E-state index contributed by atoms with van der Waals surface area (Å²) in [5, 5.41) is 3.44. The van der Waals surface area contributed by atoms with Crippen molar-refractivity contribution in [3.63, 3.8) is 0 Å². The van der Waals surface area contributed by atoms with Gasteiger partial charge in [-0.3, -0.25) is 9.30 Å². The molecule has 0 aromatic carbocycles. The molecule has 5 nitrogen and oxygen atoms in total. The van der Waals surface area contributed by atoms with Crippen LogP contribution in [0.5, 0.6) is 0 Å². The summed E-state index contributed by atoms with van der Waals surface area (Å²) >= 11 is 0. The van der Waals surface area contributed by atoms with Crippen molar-refractivity contribution >= 4 is 5.78 Å². The van der Waals surface area contributed by atoms with Gasteiger partial charge in [-0.1, -0.05) is 6.92 Å². The van der Waals surface area contributed by atoms with Crippen molar-refractivity contribution in [3.8, 4) is 0 Å². The van der Waals surface area contributed by atoms with Crippen LogP contribution in [0.15, 0.2) is 24.7 Å². The third-order valence-electron chi connectivity index (χ3n) is 4.19. The number of hydrogen-bond acceptors (Lipinski definition) is 4. The molecule has 1 saturated heterocycles. The fourth-order valence-electron chi connectivity index (χ4n) is 3.17. The lowest BCUT2D eigenvalue weighted by Crippen LogP contribution is -2.36. The molecule has 2 aromatic rings. The predicted octanol–water partition coefficient (Wildman–Crippen LogP) is 1.94. The van der Waals surface area contributed by atoms with Crippen molar-refractivity contribution < 1.29 is 0 Å². The van der Waals surface area contributed by atoms with Gasteiger partial charge in [-0.2, -0.15) is 0 Å². The first-order valence-corrected chi connectivity index (χ1v) is 8.07. The van der Waals surface area contributed by atoms with Crippen LogP contribution in [0.2, 0.25) is 0 Å². The van der Waals surface area contributed by atoms with Gasteiger partial charge in [-0.25, -0.2) is 9.97 Å². The van der Waals surface area contributed by atoms with Gasteiger partial charge >= 0.3 is 0 Å². The third kappa shape index (κ3) is 3.80. The first kappa shape index (κ1) is 14.5. The van der Waals surface area contributed by atoms with Gasteiger partial charge in [0.1, 0.15) is 0 Å². The van der Waals surface area contributed by atoms with Crippen molar-refractivity contribution in [2.75, 3.05) is 26.2 Å². The zero-order valence-corrected chi connectivity index (χ0v) is 12.8. The number of imidazole rings is 1. The lowest BCUT2D eigenvalue weighted by molar-refractivity contribution is 0.197. The van der Waals surface area contributed by atoms with E-state index in [-0.39, 0.29) is 0 Å². The van der Waals surface area contributed by atoms with E-state index in [4.69, 9.17) is 0 Å². The molecule has 2 aromatic heterocycles. The predicted molar refractivity (Wildman–Crippen MR) is 84.1 cm³/mol. The molecule has 21 heavy (non-hydrogen) atoms. The number of fused-ring (bicyclic) bond motifs is 1. The van der Waals surface area contributed by atoms with Gasteiger partial charge in [0.05, 0.1) is 5.69 Å². The Morgan fingerprint density at radius 3 is 3.00 bits per heavy atom. The summed E-state index contributed by atoms with van der Waals surface area (Å²) in [6.45, 7) is 7.86. The molecule has 0 aliphatic carbocycles. The summed E-state index contributed by atoms with van der Waals surface area (Å²) < 4.78 is 2.00. The largest absolute Gasteiger partial charge is 0.317 e. The van der Waals surface area contributed by atoms with Gasteiger partial charge in [0.15, 0.2) is 0 Å². The van der Waals surface area contributed by atoms with Crippen LogP contribution in [-0.4, -0.2) is 45.4 Å². The minimum Gasteiger partial charge on any atom is -0.317 e. The highest BCUT2D eigenvalue weighted by Crippen LogP contribution is 2.15. The molecule has 3 heterocycles. The molecular weight excluding hydrogens is 262 g/mol. The van der Waals surface area contributed by atoms with Crippen LogP contribution in [0.25, 0.3) is 5.78 Å². The molecule has 1 aliphatic rings. The zero-order valence-electron chi connectivity index (χ0n) is 12.8. The van der Waals surface area contributed by atoms with Crippen LogP contribution in [0.4, 0.5) is 0 Å². The smallest absolute Gasteiger partial charge is 0.233 e. The van der Waals surface area contributed by atoms with E-state index < -0.39 is 0 Å². The fraction of sp³-hybridized carbons (Fsp3) is 0.625. The van der Waals surface area contributed by atoms with Crippen molar-refractivity contribution in [1.29, 1.82) is 0 Å². The molecule has 3 rings (SSSR count). The molecular formula is C16H25N5. The molecule has 5 heteroatoms. The molecule has 0 unspecified atom stereocenters. The second-order valence-corrected chi connectivity index (χ2v) is 5.99. The first-order chi connectivity index (χ1) is 10.3. The van der Waals surface area contributed by atoms with Gasteiger partial charge in [-0.15, -0.1) is 0 Å². The molecule has 0 amide bonds. The Balaban J connectivity index is 1.65. The van der Waals surface area contributed by atoms with Crippen molar-refractivity contribution in [3.05, 3.63) is 30.4 Å². The first-order valence-electron chi connectivity index (χ1n) is 8.07. The van der Waals surface area contributed by atoms with Crippen LogP contribution in [0.3, 0.4) is 0 Å². The number of nitrogens with one attached hydrogen (secondary N) is 1. The van der Waals surface area contributed by atoms with Crippen molar-refractivity contribution in [2.45, 2.75) is 32.7 Å². The highest BCUT2D eigenvalue weighted by molar-refractivity contribution is 5.29. The molecule has 0 spiro atoms. The number of piperidine rings is 1. The molecule has 1 N–H and O–H groups in total. The molecule has 1 fully saturated rings. The summed E-state index contributed by atoms with van der Waals surface area (Å²) in [6, 6.07) is 1.94. The topological polar surface area (TPSA) is 45.5 Å². The van der Waals surface area contributed by atoms with Gasteiger partial charge in [0.2, 0.25) is 5.78 Å². The SMILES string of the molecule is CCCN(Cc1cn2cccnc2n1)CC1CCNCC1. The average molecular weight is 287 g/mol. The lowest BCUT2D eigenvalue weighted by Gasteiger charge is -2.29. The fourth-order valence-corrected chi connectivity index (χ4v) is 3.17. The van der Waals surface area contributed by atoms with E-state index in [1.807, 2.05) is 16.7 Å². The van der Waals surface area contributed by atoms with Gasteiger partial charge in [0.25, 0.3) is 0 Å². The Hall–Kier alpha value is -1.46. The Morgan fingerprint density at radius 1 is 1.38 bits per heavy atom. The van der Waals surface area contributed by atoms with E-state index in [2.05, 4.69) is 33.3 Å². The standard InChI is InChI=1S/C16H25N5/c1-2-9-20(11-14-4-7-17-8-5-14)12-15-13-21-10-3-6-18-16(21)19-15/h3,6,10,13-14,17H,2,4-5,7-9,11-12H2,1H3. The Kier molecular flexibility index (Phi) is 4.83. The quantitative estimate of drug-likeness (QED) is 0.882. The Labute approximate surface area is 126 Å². The number of nitrogens with zero attached hydrogens (tertiary/aromatic N) is 4. The van der Waals surface area contributed by atoms with E-state index in [0.717, 1.165) is 30.5 Å². The van der Waals surface area contributed by atoms with Gasteiger partial charge < -0.3 is 5.32 Å². The van der Waals surface area contributed by atoms with Gasteiger partial charge in [-0.05, 0) is 50.9 Å². The Morgan fingerprint density at radius 2 is 2.24 bits per heavy atom. The third-order valence-corrected chi connectivity index (χ3v) is 4.19. The van der Waals surface area contributed by atoms with E-state index in [1.54, 1.807) is 6.20 Å². The maximum atomic E-state index is 4.63. The lowest BCUT2D eigenvalue weighted by atomic mass is 9.97. The van der Waals surface area contributed by atoms with E-state index in [0.29, 0.717) is 0 Å². The van der Waals surface area contributed by atoms with E-state index in [1.165, 1.54) is 38.9 Å². The highest BCUT2D eigenvalue weighted by Gasteiger charge is 2.17. The van der Waals surface area contributed by atoms with E-state index >= 15 is 0 Å². The molecule has 0 saturated carbocycles. The van der Waals surface area contributed by atoms with Crippen LogP contribution in [0.1, 0.15) is 31.9 Å². The monoisotopic (exact) mass is 287 g/mol. The summed E-state index contributed by atoms with van der Waals surface area (Å²) in [5.74, 6) is 1.62. The highest BCUT2D eigenvalue weighted by atomic mass is 15.2. The minimum atomic E-state index is 0.797. The van der Waals surface area contributed by atoms with Crippen molar-refractivity contribution in [2.24, 2.45) is 5.92 Å². The maximum absolute atomic E-state index is 4.63. The molecule has 0 radical (unpaired) electrons. The second-order valence-electron chi connectivity index (χ2n) is 5.99. The van der Waals surface area contributed by atoms with Crippen LogP contribution in [-0.2, 0) is 6.54 Å². The van der Waals surface area contributed by atoms with Crippen molar-refractivity contribution in [1.82, 2.24) is 24.6 Å². The number of hydrogen-bond donors (Lipinski definition) is 1. The summed E-state index contributed by atoms with van der Waals surface area (Å²) in [6.07, 6.45) is 9.70. The van der Waals surface area contributed by atoms with E-state index in [9.17, 15) is 0 Å². The van der Waals surface area contributed by atoms with Gasteiger partial charge in [0, 0.05) is 31.7 Å². The minimum absolute atomic E-state index is 0.797. The molecule has 0 bridgehead atoms. The Bertz CT molecular complexity index is 526. The molecule has 0 atom stereocenters. The normalized spacial score (nSPS) is 16.9. The van der Waals surface area contributed by atoms with Crippen LogP contribution < -0.4 is 5.32 Å². The zero-order chi connectivity index (χ0) is 14.5. The summed E-state index contributed by atoms with van der Waals surface area (Å²) in [4.78, 5) is 11.5. The summed E-state index contributed by atoms with van der Waals surface area (Å²) in [7, 11) is 0.